The summed E-state index contributed by atoms with van der Waals surface area (Å²) in [6.07, 6.45) is 5.76. The number of hydrogen-bond acceptors (Lipinski definition) is 4. The van der Waals surface area contributed by atoms with E-state index in [4.69, 9.17) is 0 Å². The molecule has 5 heteroatoms. The standard InChI is InChI=1S/C17H27N5/c1-16(2,3)13-8-9-18-15(20-13)21-14(17(4,5)6)12-10-19-22(7)11-12/h8-11,14H,1-7H3,(H,18,20,21). The monoisotopic (exact) mass is 301 g/mol. The zero-order chi connectivity index (χ0) is 16.5. The molecular weight excluding hydrogens is 274 g/mol. The summed E-state index contributed by atoms with van der Waals surface area (Å²) in [5, 5.41) is 7.77. The zero-order valence-corrected chi connectivity index (χ0v) is 14.7. The molecule has 0 aliphatic heterocycles. The summed E-state index contributed by atoms with van der Waals surface area (Å²) < 4.78 is 1.82. The fraction of sp³-hybridized carbons (Fsp3) is 0.588. The van der Waals surface area contributed by atoms with E-state index in [2.05, 4.69) is 61.9 Å². The van der Waals surface area contributed by atoms with E-state index in [1.165, 1.54) is 0 Å². The molecule has 0 amide bonds. The molecule has 0 radical (unpaired) electrons. The molecule has 120 valence electrons. The zero-order valence-electron chi connectivity index (χ0n) is 14.7. The van der Waals surface area contributed by atoms with Crippen molar-refractivity contribution >= 4 is 5.95 Å². The van der Waals surface area contributed by atoms with Gasteiger partial charge in [-0.1, -0.05) is 41.5 Å². The Kier molecular flexibility index (Phi) is 4.27. The number of aryl methyl sites for hydroxylation is 1. The predicted octanol–water partition coefficient (Wildman–Crippen LogP) is 3.71. The SMILES string of the molecule is Cn1cc(C(Nc2nccc(C(C)(C)C)n2)C(C)(C)C)cn1. The van der Waals surface area contributed by atoms with Gasteiger partial charge in [-0.05, 0) is 11.5 Å². The van der Waals surface area contributed by atoms with Gasteiger partial charge in [0.2, 0.25) is 5.95 Å². The fourth-order valence-corrected chi connectivity index (χ4v) is 2.36. The maximum Gasteiger partial charge on any atom is 0.223 e. The van der Waals surface area contributed by atoms with E-state index in [-0.39, 0.29) is 16.9 Å². The molecule has 0 saturated heterocycles. The third kappa shape index (κ3) is 3.84. The van der Waals surface area contributed by atoms with Crippen LogP contribution in [0.25, 0.3) is 0 Å². The van der Waals surface area contributed by atoms with Crippen LogP contribution < -0.4 is 5.32 Å². The van der Waals surface area contributed by atoms with E-state index in [1.54, 1.807) is 0 Å². The van der Waals surface area contributed by atoms with Gasteiger partial charge in [0.05, 0.1) is 17.9 Å². The summed E-state index contributed by atoms with van der Waals surface area (Å²) in [7, 11) is 1.93. The van der Waals surface area contributed by atoms with Crippen molar-refractivity contribution in [3.63, 3.8) is 0 Å². The highest BCUT2D eigenvalue weighted by atomic mass is 15.2. The smallest absolute Gasteiger partial charge is 0.223 e. The predicted molar refractivity (Wildman–Crippen MR) is 89.8 cm³/mol. The minimum absolute atomic E-state index is 0.00486. The molecule has 1 atom stereocenters. The maximum absolute atomic E-state index is 4.68. The molecule has 0 aromatic carbocycles. The van der Waals surface area contributed by atoms with Crippen molar-refractivity contribution in [1.82, 2.24) is 19.7 Å². The fourth-order valence-electron chi connectivity index (χ4n) is 2.36. The molecule has 0 saturated carbocycles. The summed E-state index contributed by atoms with van der Waals surface area (Å²) in [4.78, 5) is 9.07. The lowest BCUT2D eigenvalue weighted by molar-refractivity contribution is 0.346. The van der Waals surface area contributed by atoms with E-state index in [0.717, 1.165) is 11.3 Å². The van der Waals surface area contributed by atoms with Crippen LogP contribution >= 0.6 is 0 Å². The number of nitrogens with one attached hydrogen (secondary N) is 1. The Labute approximate surface area is 133 Å². The molecule has 1 unspecified atom stereocenters. The first kappa shape index (κ1) is 16.5. The van der Waals surface area contributed by atoms with Crippen molar-refractivity contribution in [3.05, 3.63) is 35.9 Å². The summed E-state index contributed by atoms with van der Waals surface area (Å²) in [5.74, 6) is 0.663. The molecule has 22 heavy (non-hydrogen) atoms. The van der Waals surface area contributed by atoms with Crippen LogP contribution in [0.4, 0.5) is 5.95 Å². The van der Waals surface area contributed by atoms with Crippen molar-refractivity contribution in [1.29, 1.82) is 0 Å². The lowest BCUT2D eigenvalue weighted by Gasteiger charge is -2.31. The summed E-state index contributed by atoms with van der Waals surface area (Å²) >= 11 is 0. The molecule has 0 aliphatic carbocycles. The average molecular weight is 301 g/mol. The van der Waals surface area contributed by atoms with Gasteiger partial charge < -0.3 is 5.32 Å². The molecule has 0 bridgehead atoms. The number of hydrogen-bond donors (Lipinski definition) is 1. The number of aromatic nitrogens is 4. The first-order valence-electron chi connectivity index (χ1n) is 7.66. The van der Waals surface area contributed by atoms with E-state index >= 15 is 0 Å². The lowest BCUT2D eigenvalue weighted by Crippen LogP contribution is -2.27. The van der Waals surface area contributed by atoms with Crippen LogP contribution in [-0.2, 0) is 12.5 Å². The van der Waals surface area contributed by atoms with Crippen LogP contribution in [0, 0.1) is 5.41 Å². The number of anilines is 1. The Balaban J connectivity index is 2.32. The molecule has 2 aromatic heterocycles. The summed E-state index contributed by atoms with van der Waals surface area (Å²) in [6, 6.07) is 2.07. The molecule has 0 aliphatic rings. The number of nitrogens with zero attached hydrogens (tertiary/aromatic N) is 4. The van der Waals surface area contributed by atoms with Gasteiger partial charge in [0.25, 0.3) is 0 Å². The Hall–Kier alpha value is -1.91. The van der Waals surface area contributed by atoms with Crippen LogP contribution in [-0.4, -0.2) is 19.7 Å². The van der Waals surface area contributed by atoms with Crippen LogP contribution in [0.15, 0.2) is 24.7 Å². The first-order valence-corrected chi connectivity index (χ1v) is 7.66. The lowest BCUT2D eigenvalue weighted by atomic mass is 9.83. The molecule has 2 aromatic rings. The highest BCUT2D eigenvalue weighted by molar-refractivity contribution is 5.33. The topological polar surface area (TPSA) is 55.6 Å². The largest absolute Gasteiger partial charge is 0.347 e. The van der Waals surface area contributed by atoms with Crippen LogP contribution in [0.3, 0.4) is 0 Å². The van der Waals surface area contributed by atoms with Crippen LogP contribution in [0.1, 0.15) is 58.8 Å². The second-order valence-electron chi connectivity index (χ2n) is 7.91. The Morgan fingerprint density at radius 3 is 2.32 bits per heavy atom. The third-order valence-electron chi connectivity index (χ3n) is 3.62. The van der Waals surface area contributed by atoms with Gasteiger partial charge in [-0.15, -0.1) is 0 Å². The Bertz CT molecular complexity index is 631. The van der Waals surface area contributed by atoms with Crippen LogP contribution in [0.2, 0.25) is 0 Å². The van der Waals surface area contributed by atoms with Crippen molar-refractivity contribution in [2.45, 2.75) is 53.0 Å². The van der Waals surface area contributed by atoms with Gasteiger partial charge in [-0.3, -0.25) is 4.68 Å². The molecular formula is C17H27N5. The molecule has 0 spiro atoms. The first-order chi connectivity index (χ1) is 10.1. The van der Waals surface area contributed by atoms with E-state index < -0.39 is 0 Å². The van der Waals surface area contributed by atoms with Gasteiger partial charge >= 0.3 is 0 Å². The molecule has 0 fully saturated rings. The van der Waals surface area contributed by atoms with Gasteiger partial charge in [0, 0.05) is 30.4 Å². The maximum atomic E-state index is 4.68. The quantitative estimate of drug-likeness (QED) is 0.939. The minimum atomic E-state index is 0.00486. The van der Waals surface area contributed by atoms with Crippen molar-refractivity contribution in [2.75, 3.05) is 5.32 Å². The van der Waals surface area contributed by atoms with Gasteiger partial charge in [0.1, 0.15) is 0 Å². The average Bonchev–Trinajstić information content (AvgIpc) is 2.80. The minimum Gasteiger partial charge on any atom is -0.347 e. The van der Waals surface area contributed by atoms with E-state index in [9.17, 15) is 0 Å². The summed E-state index contributed by atoms with van der Waals surface area (Å²) in [5.41, 5.74) is 2.19. The van der Waals surface area contributed by atoms with Gasteiger partial charge in [-0.25, -0.2) is 9.97 Å². The molecule has 2 rings (SSSR count). The van der Waals surface area contributed by atoms with Gasteiger partial charge in [-0.2, -0.15) is 5.10 Å². The third-order valence-corrected chi connectivity index (χ3v) is 3.62. The highest BCUT2D eigenvalue weighted by Gasteiger charge is 2.28. The van der Waals surface area contributed by atoms with Gasteiger partial charge in [0.15, 0.2) is 0 Å². The van der Waals surface area contributed by atoms with Crippen molar-refractivity contribution in [2.24, 2.45) is 12.5 Å². The van der Waals surface area contributed by atoms with Crippen molar-refractivity contribution in [3.8, 4) is 0 Å². The molecule has 1 N–H and O–H groups in total. The molecule has 5 nitrogen and oxygen atoms in total. The second-order valence-corrected chi connectivity index (χ2v) is 7.91. The van der Waals surface area contributed by atoms with E-state index in [0.29, 0.717) is 5.95 Å². The Morgan fingerprint density at radius 2 is 1.82 bits per heavy atom. The van der Waals surface area contributed by atoms with Crippen molar-refractivity contribution < 1.29 is 0 Å². The number of rotatable bonds is 3. The summed E-state index contributed by atoms with van der Waals surface area (Å²) in [6.45, 7) is 13.1. The Morgan fingerprint density at radius 1 is 1.14 bits per heavy atom. The van der Waals surface area contributed by atoms with E-state index in [1.807, 2.05) is 36.4 Å². The normalized spacial score (nSPS) is 14.0. The second kappa shape index (κ2) is 5.71. The highest BCUT2D eigenvalue weighted by Crippen LogP contribution is 2.35. The molecule has 2 heterocycles. The van der Waals surface area contributed by atoms with Crippen LogP contribution in [0.5, 0.6) is 0 Å².